The number of rotatable bonds is 5. The number of anilines is 2. The van der Waals surface area contributed by atoms with Crippen molar-refractivity contribution >= 4 is 23.0 Å². The summed E-state index contributed by atoms with van der Waals surface area (Å²) in [6.45, 7) is 1.95. The highest BCUT2D eigenvalue weighted by Gasteiger charge is 2.23. The fourth-order valence-electron chi connectivity index (χ4n) is 2.60. The largest absolute Gasteiger partial charge is 0.495 e. The van der Waals surface area contributed by atoms with Gasteiger partial charge in [-0.2, -0.15) is 0 Å². The molecule has 5 nitrogen and oxygen atoms in total. The first-order valence-electron chi connectivity index (χ1n) is 7.55. The predicted octanol–water partition coefficient (Wildman–Crippen LogP) is 3.67. The summed E-state index contributed by atoms with van der Waals surface area (Å²) in [5.74, 6) is 0.900. The second-order valence-electron chi connectivity index (χ2n) is 5.59. The first-order valence-corrected chi connectivity index (χ1v) is 7.93. The number of hydrogen-bond acceptors (Lipinski definition) is 5. The average molecular weight is 358 g/mol. The van der Waals surface area contributed by atoms with E-state index in [2.05, 4.69) is 5.32 Å². The van der Waals surface area contributed by atoms with Crippen molar-refractivity contribution in [1.82, 2.24) is 0 Å². The van der Waals surface area contributed by atoms with Gasteiger partial charge in [0.1, 0.15) is 17.2 Å². The molecule has 25 heavy (non-hydrogen) atoms. The number of ether oxygens (including phenoxy) is 2. The molecule has 0 amide bonds. The average Bonchev–Trinajstić information content (AvgIpc) is 2.62. The zero-order chi connectivity index (χ0) is 18.1. The third kappa shape index (κ3) is 2.98. The highest BCUT2D eigenvalue weighted by Crippen LogP contribution is 2.38. The van der Waals surface area contributed by atoms with Crippen LogP contribution in [-0.2, 0) is 0 Å². The van der Waals surface area contributed by atoms with Gasteiger partial charge in [-0.1, -0.05) is 41.4 Å². The number of halogens is 1. The molecule has 0 atom stereocenters. The topological polar surface area (TPSA) is 64.6 Å². The standard InChI is InChI=1S/C19H16ClNO4/c1-10-4-6-11(7-5-10)16-17(19(23)18(16)22)21-13-8-12(20)14(24-2)9-15(13)25-3/h4-9,21H,1-3H3. The summed E-state index contributed by atoms with van der Waals surface area (Å²) in [5.41, 5.74) is 1.76. The molecule has 3 aromatic rings. The smallest absolute Gasteiger partial charge is 0.250 e. The number of nitrogens with one attached hydrogen (secondary N) is 1. The van der Waals surface area contributed by atoms with Crippen LogP contribution in [0.1, 0.15) is 5.56 Å². The van der Waals surface area contributed by atoms with Crippen LogP contribution in [0.4, 0.5) is 11.4 Å². The Labute approximate surface area is 149 Å². The van der Waals surface area contributed by atoms with E-state index >= 15 is 0 Å². The van der Waals surface area contributed by atoms with Crippen LogP contribution >= 0.6 is 11.6 Å². The van der Waals surface area contributed by atoms with Gasteiger partial charge >= 0.3 is 0 Å². The summed E-state index contributed by atoms with van der Waals surface area (Å²) < 4.78 is 10.5. The Morgan fingerprint density at radius 1 is 0.920 bits per heavy atom. The zero-order valence-electron chi connectivity index (χ0n) is 14.0. The Kier molecular flexibility index (Phi) is 4.51. The van der Waals surface area contributed by atoms with Gasteiger partial charge in [-0.3, -0.25) is 9.59 Å². The normalized spacial score (nSPS) is 10.7. The van der Waals surface area contributed by atoms with Crippen molar-refractivity contribution in [3.8, 4) is 22.6 Å². The molecule has 128 valence electrons. The molecule has 0 unspecified atom stereocenters. The second kappa shape index (κ2) is 6.61. The van der Waals surface area contributed by atoms with Crippen molar-refractivity contribution in [2.75, 3.05) is 19.5 Å². The lowest BCUT2D eigenvalue weighted by atomic mass is 9.97. The summed E-state index contributed by atoms with van der Waals surface area (Å²) in [7, 11) is 3.00. The maximum absolute atomic E-state index is 12.1. The quantitative estimate of drug-likeness (QED) is 0.706. The van der Waals surface area contributed by atoms with Gasteiger partial charge < -0.3 is 14.8 Å². The van der Waals surface area contributed by atoms with E-state index in [0.717, 1.165) is 5.56 Å². The molecule has 0 aliphatic carbocycles. The molecule has 0 aromatic heterocycles. The van der Waals surface area contributed by atoms with E-state index in [1.54, 1.807) is 12.1 Å². The molecule has 0 saturated heterocycles. The van der Waals surface area contributed by atoms with Gasteiger partial charge in [-0.15, -0.1) is 0 Å². The van der Waals surface area contributed by atoms with Crippen molar-refractivity contribution in [2.24, 2.45) is 0 Å². The molecule has 0 aliphatic rings. The van der Waals surface area contributed by atoms with Gasteiger partial charge in [0, 0.05) is 6.07 Å². The predicted molar refractivity (Wildman–Crippen MR) is 99.4 cm³/mol. The number of methoxy groups -OCH3 is 2. The van der Waals surface area contributed by atoms with Gasteiger partial charge in [0.25, 0.3) is 5.43 Å². The number of hydrogen-bond donors (Lipinski definition) is 1. The lowest BCUT2D eigenvalue weighted by Crippen LogP contribution is -2.35. The Bertz CT molecular complexity index is 1000. The zero-order valence-corrected chi connectivity index (χ0v) is 14.7. The van der Waals surface area contributed by atoms with Crippen molar-refractivity contribution in [3.63, 3.8) is 0 Å². The van der Waals surface area contributed by atoms with E-state index in [9.17, 15) is 9.59 Å². The summed E-state index contributed by atoms with van der Waals surface area (Å²) in [6.07, 6.45) is 0. The van der Waals surface area contributed by atoms with Crippen molar-refractivity contribution in [2.45, 2.75) is 6.92 Å². The van der Waals surface area contributed by atoms with Crippen LogP contribution in [0.25, 0.3) is 11.1 Å². The van der Waals surface area contributed by atoms with E-state index in [-0.39, 0.29) is 5.69 Å². The summed E-state index contributed by atoms with van der Waals surface area (Å²) >= 11 is 6.15. The van der Waals surface area contributed by atoms with Crippen LogP contribution in [0.15, 0.2) is 46.0 Å². The van der Waals surface area contributed by atoms with Crippen LogP contribution in [0, 0.1) is 6.92 Å². The van der Waals surface area contributed by atoms with Gasteiger partial charge in [-0.05, 0) is 18.6 Å². The van der Waals surface area contributed by atoms with Gasteiger partial charge in [0.15, 0.2) is 0 Å². The molecule has 3 aromatic carbocycles. The summed E-state index contributed by atoms with van der Waals surface area (Å²) in [6, 6.07) is 10.6. The molecular formula is C19H16ClNO4. The molecule has 0 saturated carbocycles. The van der Waals surface area contributed by atoms with E-state index in [1.165, 1.54) is 14.2 Å². The van der Waals surface area contributed by atoms with Crippen molar-refractivity contribution in [1.29, 1.82) is 0 Å². The molecule has 0 aliphatic heterocycles. The van der Waals surface area contributed by atoms with Crippen LogP contribution in [0.5, 0.6) is 11.5 Å². The lowest BCUT2D eigenvalue weighted by molar-refractivity contribution is 0.396. The third-order valence-corrected chi connectivity index (χ3v) is 4.28. The van der Waals surface area contributed by atoms with Gasteiger partial charge in [-0.25, -0.2) is 0 Å². The van der Waals surface area contributed by atoms with E-state index in [4.69, 9.17) is 21.1 Å². The summed E-state index contributed by atoms with van der Waals surface area (Å²) in [5, 5.41) is 3.34. The maximum atomic E-state index is 12.1. The van der Waals surface area contributed by atoms with Crippen LogP contribution in [-0.4, -0.2) is 14.2 Å². The molecule has 0 heterocycles. The van der Waals surface area contributed by atoms with Gasteiger partial charge in [0.05, 0.1) is 30.5 Å². The highest BCUT2D eigenvalue weighted by molar-refractivity contribution is 6.32. The van der Waals surface area contributed by atoms with Gasteiger partial charge in [0.2, 0.25) is 5.43 Å². The molecule has 6 heteroatoms. The Morgan fingerprint density at radius 3 is 2.16 bits per heavy atom. The minimum absolute atomic E-state index is 0.230. The molecule has 0 bridgehead atoms. The van der Waals surface area contributed by atoms with Crippen molar-refractivity contribution < 1.29 is 9.47 Å². The second-order valence-corrected chi connectivity index (χ2v) is 5.99. The number of aryl methyl sites for hydroxylation is 1. The Morgan fingerprint density at radius 2 is 1.56 bits per heavy atom. The monoisotopic (exact) mass is 357 g/mol. The minimum Gasteiger partial charge on any atom is -0.495 e. The van der Waals surface area contributed by atoms with Crippen molar-refractivity contribution in [3.05, 3.63) is 67.4 Å². The fourth-order valence-corrected chi connectivity index (χ4v) is 2.84. The van der Waals surface area contributed by atoms with E-state index in [1.807, 2.05) is 31.2 Å². The van der Waals surface area contributed by atoms with Crippen LogP contribution in [0.3, 0.4) is 0 Å². The van der Waals surface area contributed by atoms with E-state index in [0.29, 0.717) is 33.3 Å². The molecule has 0 fully saturated rings. The lowest BCUT2D eigenvalue weighted by Gasteiger charge is -2.17. The minimum atomic E-state index is -0.565. The Hall–Kier alpha value is -2.79. The summed E-state index contributed by atoms with van der Waals surface area (Å²) in [4.78, 5) is 24.1. The molecular weight excluding hydrogens is 342 g/mol. The molecule has 0 radical (unpaired) electrons. The van der Waals surface area contributed by atoms with Crippen LogP contribution in [0.2, 0.25) is 5.02 Å². The first kappa shape index (κ1) is 17.0. The first-order chi connectivity index (χ1) is 12.0. The fraction of sp³-hybridized carbons (Fsp3) is 0.158. The third-order valence-electron chi connectivity index (χ3n) is 3.98. The molecule has 1 N–H and O–H groups in total. The SMILES string of the molecule is COc1cc(OC)c(Nc2c(-c3ccc(C)cc3)c(=O)c2=O)cc1Cl. The maximum Gasteiger partial charge on any atom is 0.250 e. The highest BCUT2D eigenvalue weighted by atomic mass is 35.5. The Balaban J connectivity index is 2.04. The number of benzene rings is 2. The van der Waals surface area contributed by atoms with Crippen LogP contribution < -0.4 is 25.6 Å². The van der Waals surface area contributed by atoms with E-state index < -0.39 is 10.9 Å². The molecule has 3 rings (SSSR count). The molecule has 0 spiro atoms.